The van der Waals surface area contributed by atoms with E-state index in [1.54, 1.807) is 19.9 Å². The molecule has 1 heterocycles. The monoisotopic (exact) mass is 370 g/mol. The molecule has 5 nitrogen and oxygen atoms in total. The molecule has 0 radical (unpaired) electrons. The van der Waals surface area contributed by atoms with E-state index in [1.165, 1.54) is 0 Å². The first-order valence-corrected chi connectivity index (χ1v) is 8.59. The molecule has 134 valence electrons. The van der Waals surface area contributed by atoms with Crippen LogP contribution < -0.4 is 5.32 Å². The number of nitrogens with zero attached hydrogens (tertiary/aromatic N) is 1. The number of hydrogen-bond donors (Lipinski definition) is 1. The Kier molecular flexibility index (Phi) is 5.28. The molecule has 1 aromatic heterocycles. The molecule has 1 atom stereocenters. The van der Waals surface area contributed by atoms with Crippen LogP contribution in [0.5, 0.6) is 0 Å². The van der Waals surface area contributed by atoms with E-state index in [9.17, 15) is 4.79 Å². The lowest BCUT2D eigenvalue weighted by Crippen LogP contribution is -2.17. The average Bonchev–Trinajstić information content (AvgIpc) is 2.96. The Hall–Kier alpha value is -2.79. The Morgan fingerprint density at radius 3 is 2.54 bits per heavy atom. The molecule has 0 aliphatic heterocycles. The van der Waals surface area contributed by atoms with Gasteiger partial charge in [-0.1, -0.05) is 64.8 Å². The molecular formula is C20H19ClN2O3. The number of hydrogen-bond acceptors (Lipinski definition) is 4. The molecule has 0 fully saturated rings. The predicted molar refractivity (Wildman–Crippen MR) is 101 cm³/mol. The van der Waals surface area contributed by atoms with Crippen molar-refractivity contribution in [1.82, 2.24) is 5.16 Å². The molecule has 2 aromatic carbocycles. The maximum absolute atomic E-state index is 12.3. The maximum atomic E-state index is 12.3. The van der Waals surface area contributed by atoms with Crippen molar-refractivity contribution in [1.29, 1.82) is 0 Å². The summed E-state index contributed by atoms with van der Waals surface area (Å²) in [5.74, 6) is 0.491. The molecule has 0 saturated heterocycles. The van der Waals surface area contributed by atoms with Crippen LogP contribution in [0.15, 0.2) is 53.1 Å². The Morgan fingerprint density at radius 2 is 1.85 bits per heavy atom. The number of carbonyl (C=O) groups excluding carboxylic acids is 1. The molecule has 0 aliphatic rings. The normalized spacial score (nSPS) is 11.8. The van der Waals surface area contributed by atoms with E-state index >= 15 is 0 Å². The minimum atomic E-state index is -0.600. The SMILES string of the molecule is Cc1ccc(-c2onc(C)c2NC(=O)OC(C)c2ccccc2Cl)cc1. The first kappa shape index (κ1) is 18.0. The largest absolute Gasteiger partial charge is 0.441 e. The van der Waals surface area contributed by atoms with Gasteiger partial charge in [0.1, 0.15) is 17.5 Å². The second-order valence-corrected chi connectivity index (χ2v) is 6.44. The number of aromatic nitrogens is 1. The van der Waals surface area contributed by atoms with E-state index in [0.29, 0.717) is 22.2 Å². The van der Waals surface area contributed by atoms with Crippen molar-refractivity contribution < 1.29 is 14.1 Å². The number of amides is 1. The summed E-state index contributed by atoms with van der Waals surface area (Å²) in [6.07, 6.45) is -1.09. The van der Waals surface area contributed by atoms with Gasteiger partial charge in [-0.25, -0.2) is 4.79 Å². The van der Waals surface area contributed by atoms with E-state index < -0.39 is 12.2 Å². The molecule has 0 saturated carbocycles. The number of carbonyl (C=O) groups is 1. The summed E-state index contributed by atoms with van der Waals surface area (Å²) in [5, 5.41) is 7.24. The summed E-state index contributed by atoms with van der Waals surface area (Å²) in [4.78, 5) is 12.3. The van der Waals surface area contributed by atoms with Gasteiger partial charge in [0.25, 0.3) is 0 Å². The zero-order chi connectivity index (χ0) is 18.7. The number of nitrogens with one attached hydrogen (secondary N) is 1. The summed E-state index contributed by atoms with van der Waals surface area (Å²) < 4.78 is 10.8. The van der Waals surface area contributed by atoms with E-state index in [0.717, 1.165) is 16.7 Å². The number of aryl methyl sites for hydroxylation is 2. The maximum Gasteiger partial charge on any atom is 0.412 e. The second kappa shape index (κ2) is 7.62. The highest BCUT2D eigenvalue weighted by Gasteiger charge is 2.20. The molecule has 26 heavy (non-hydrogen) atoms. The minimum absolute atomic E-state index is 0.491. The molecule has 0 spiro atoms. The van der Waals surface area contributed by atoms with Crippen molar-refractivity contribution in [3.63, 3.8) is 0 Å². The van der Waals surface area contributed by atoms with E-state index in [2.05, 4.69) is 10.5 Å². The fourth-order valence-electron chi connectivity index (χ4n) is 2.58. The molecule has 0 bridgehead atoms. The number of ether oxygens (including phenoxy) is 1. The van der Waals surface area contributed by atoms with Crippen LogP contribution in [0.25, 0.3) is 11.3 Å². The molecule has 1 N–H and O–H groups in total. The van der Waals surface area contributed by atoms with Crippen LogP contribution >= 0.6 is 11.6 Å². The average molecular weight is 371 g/mol. The van der Waals surface area contributed by atoms with Crippen molar-refractivity contribution in [3.8, 4) is 11.3 Å². The smallest absolute Gasteiger partial charge is 0.412 e. The highest BCUT2D eigenvalue weighted by atomic mass is 35.5. The Labute approximate surface area is 156 Å². The summed E-state index contributed by atoms with van der Waals surface area (Å²) in [5.41, 5.74) is 3.76. The van der Waals surface area contributed by atoms with E-state index in [-0.39, 0.29) is 0 Å². The third kappa shape index (κ3) is 3.89. The second-order valence-electron chi connectivity index (χ2n) is 6.03. The standard InChI is InChI=1S/C20H19ClN2O3/c1-12-8-10-15(11-9-12)19-18(13(2)23-26-19)22-20(24)25-14(3)16-6-4-5-7-17(16)21/h4-11,14H,1-3H3,(H,22,24). The summed E-state index contributed by atoms with van der Waals surface area (Å²) >= 11 is 6.15. The third-order valence-corrected chi connectivity index (χ3v) is 4.37. The van der Waals surface area contributed by atoms with Gasteiger partial charge in [0.05, 0.1) is 0 Å². The van der Waals surface area contributed by atoms with Gasteiger partial charge < -0.3 is 9.26 Å². The molecule has 3 rings (SSSR count). The lowest BCUT2D eigenvalue weighted by atomic mass is 10.1. The lowest BCUT2D eigenvalue weighted by molar-refractivity contribution is 0.121. The van der Waals surface area contributed by atoms with Gasteiger partial charge in [0.15, 0.2) is 5.76 Å². The first-order chi connectivity index (χ1) is 12.5. The Balaban J connectivity index is 1.77. The zero-order valence-corrected chi connectivity index (χ0v) is 15.5. The van der Waals surface area contributed by atoms with Gasteiger partial charge in [-0.3, -0.25) is 5.32 Å². The molecule has 3 aromatic rings. The van der Waals surface area contributed by atoms with Gasteiger partial charge in [-0.05, 0) is 26.8 Å². The van der Waals surface area contributed by atoms with Gasteiger partial charge in [0, 0.05) is 16.1 Å². The van der Waals surface area contributed by atoms with Crippen LogP contribution in [0.1, 0.15) is 29.8 Å². The van der Waals surface area contributed by atoms with Crippen molar-refractivity contribution in [2.75, 3.05) is 5.32 Å². The highest BCUT2D eigenvalue weighted by Crippen LogP contribution is 2.32. The molecule has 6 heteroatoms. The van der Waals surface area contributed by atoms with Gasteiger partial charge in [-0.2, -0.15) is 0 Å². The quantitative estimate of drug-likeness (QED) is 0.618. The number of benzene rings is 2. The van der Waals surface area contributed by atoms with E-state index in [4.69, 9.17) is 20.9 Å². The summed E-state index contributed by atoms with van der Waals surface area (Å²) in [7, 11) is 0. The summed E-state index contributed by atoms with van der Waals surface area (Å²) in [6.45, 7) is 5.53. The molecule has 0 aliphatic carbocycles. The van der Waals surface area contributed by atoms with Gasteiger partial charge >= 0.3 is 6.09 Å². The summed E-state index contributed by atoms with van der Waals surface area (Å²) in [6, 6.07) is 15.0. The molecule has 1 unspecified atom stereocenters. The minimum Gasteiger partial charge on any atom is -0.441 e. The van der Waals surface area contributed by atoms with Gasteiger partial charge in [0.2, 0.25) is 0 Å². The van der Waals surface area contributed by atoms with Crippen molar-refractivity contribution in [3.05, 3.63) is 70.4 Å². The van der Waals surface area contributed by atoms with Gasteiger partial charge in [-0.15, -0.1) is 0 Å². The van der Waals surface area contributed by atoms with Crippen molar-refractivity contribution >= 4 is 23.4 Å². The van der Waals surface area contributed by atoms with Crippen molar-refractivity contribution in [2.24, 2.45) is 0 Å². The fourth-order valence-corrected chi connectivity index (χ4v) is 2.87. The first-order valence-electron chi connectivity index (χ1n) is 8.21. The van der Waals surface area contributed by atoms with Crippen LogP contribution in [-0.4, -0.2) is 11.2 Å². The van der Waals surface area contributed by atoms with Crippen LogP contribution in [0.3, 0.4) is 0 Å². The number of halogens is 1. The Morgan fingerprint density at radius 1 is 1.15 bits per heavy atom. The lowest BCUT2D eigenvalue weighted by Gasteiger charge is -2.15. The van der Waals surface area contributed by atoms with Crippen molar-refractivity contribution in [2.45, 2.75) is 26.9 Å². The Bertz CT molecular complexity index is 919. The zero-order valence-electron chi connectivity index (χ0n) is 14.7. The number of anilines is 1. The molecular weight excluding hydrogens is 352 g/mol. The topological polar surface area (TPSA) is 64.4 Å². The van der Waals surface area contributed by atoms with Crippen LogP contribution in [0.4, 0.5) is 10.5 Å². The molecule has 1 amide bonds. The van der Waals surface area contributed by atoms with Crippen LogP contribution in [0, 0.1) is 13.8 Å². The van der Waals surface area contributed by atoms with Crippen LogP contribution in [-0.2, 0) is 4.74 Å². The highest BCUT2D eigenvalue weighted by molar-refractivity contribution is 6.31. The predicted octanol–water partition coefficient (Wildman–Crippen LogP) is 5.92. The number of rotatable bonds is 4. The van der Waals surface area contributed by atoms with Crippen LogP contribution in [0.2, 0.25) is 5.02 Å². The third-order valence-electron chi connectivity index (χ3n) is 4.03. The fraction of sp³-hybridized carbons (Fsp3) is 0.200. The van der Waals surface area contributed by atoms with E-state index in [1.807, 2.05) is 49.4 Å².